The number of hydrogen-bond donors (Lipinski definition) is 2. The van der Waals surface area contributed by atoms with E-state index in [1.54, 1.807) is 30.3 Å². The number of anilines is 1. The lowest BCUT2D eigenvalue weighted by Gasteiger charge is -2.08. The van der Waals surface area contributed by atoms with Crippen molar-refractivity contribution in [1.82, 2.24) is 10.2 Å². The zero-order chi connectivity index (χ0) is 17.1. The molecule has 1 aromatic heterocycles. The zero-order valence-electron chi connectivity index (χ0n) is 12.9. The Balaban J connectivity index is 1.98. The molecule has 0 atom stereocenters. The van der Waals surface area contributed by atoms with Crippen molar-refractivity contribution in [3.8, 4) is 11.3 Å². The van der Waals surface area contributed by atoms with Crippen LogP contribution in [0.5, 0.6) is 0 Å². The fraction of sp³-hybridized carbons (Fsp3) is 0.111. The minimum absolute atomic E-state index is 0.239. The summed E-state index contributed by atoms with van der Waals surface area (Å²) in [5.74, 6) is -0.239. The molecule has 0 radical (unpaired) electrons. The lowest BCUT2D eigenvalue weighted by atomic mass is 10.1. The number of aromatic amines is 1. The van der Waals surface area contributed by atoms with Crippen LogP contribution in [0.3, 0.4) is 0 Å². The van der Waals surface area contributed by atoms with Crippen LogP contribution in [0.15, 0.2) is 48.5 Å². The molecule has 122 valence electrons. The van der Waals surface area contributed by atoms with Crippen LogP contribution < -0.4 is 5.32 Å². The van der Waals surface area contributed by atoms with Crippen LogP contribution in [0.25, 0.3) is 11.3 Å². The molecule has 0 saturated heterocycles. The van der Waals surface area contributed by atoms with Crippen molar-refractivity contribution >= 4 is 34.8 Å². The smallest absolute Gasteiger partial charge is 0.255 e. The third-order valence-electron chi connectivity index (χ3n) is 3.62. The lowest BCUT2D eigenvalue weighted by molar-refractivity contribution is 0.102. The topological polar surface area (TPSA) is 57.8 Å². The molecule has 0 aliphatic heterocycles. The monoisotopic (exact) mass is 359 g/mol. The van der Waals surface area contributed by atoms with E-state index < -0.39 is 0 Å². The average Bonchev–Trinajstić information content (AvgIpc) is 2.97. The highest BCUT2D eigenvalue weighted by Crippen LogP contribution is 2.31. The molecule has 0 aliphatic carbocycles. The Morgan fingerprint density at radius 2 is 1.83 bits per heavy atom. The van der Waals surface area contributed by atoms with Gasteiger partial charge in [-0.15, -0.1) is 0 Å². The third-order valence-corrected chi connectivity index (χ3v) is 4.09. The maximum atomic E-state index is 12.5. The first kappa shape index (κ1) is 16.6. The number of aryl methyl sites for hydroxylation is 1. The Morgan fingerprint density at radius 3 is 2.50 bits per heavy atom. The number of carbonyl (C=O) groups is 1. The second-order valence-corrected chi connectivity index (χ2v) is 6.13. The van der Waals surface area contributed by atoms with E-state index >= 15 is 0 Å². The van der Waals surface area contributed by atoms with Crippen molar-refractivity contribution in [3.05, 3.63) is 69.8 Å². The van der Waals surface area contributed by atoms with Crippen molar-refractivity contribution in [1.29, 1.82) is 0 Å². The predicted octanol–water partition coefficient (Wildman–Crippen LogP) is 5.20. The van der Waals surface area contributed by atoms with Crippen molar-refractivity contribution in [3.63, 3.8) is 0 Å². The summed E-state index contributed by atoms with van der Waals surface area (Å²) in [6.07, 6.45) is 0.707. The molecule has 0 spiro atoms. The number of amides is 1. The molecule has 4 nitrogen and oxygen atoms in total. The van der Waals surface area contributed by atoms with Gasteiger partial charge in [0, 0.05) is 21.2 Å². The molecule has 0 fully saturated rings. The van der Waals surface area contributed by atoms with Gasteiger partial charge in [-0.2, -0.15) is 5.10 Å². The van der Waals surface area contributed by atoms with E-state index in [9.17, 15) is 4.79 Å². The number of H-pyrrole nitrogens is 1. The minimum Gasteiger partial charge on any atom is -0.319 e. The van der Waals surface area contributed by atoms with Crippen molar-refractivity contribution in [2.75, 3.05) is 5.32 Å². The Morgan fingerprint density at radius 1 is 1.12 bits per heavy atom. The van der Waals surface area contributed by atoms with E-state index in [0.29, 0.717) is 33.4 Å². The number of aromatic nitrogens is 2. The van der Waals surface area contributed by atoms with Gasteiger partial charge in [-0.1, -0.05) is 48.3 Å². The van der Waals surface area contributed by atoms with E-state index in [4.69, 9.17) is 23.2 Å². The second-order valence-electron chi connectivity index (χ2n) is 5.25. The Hall–Kier alpha value is -2.30. The van der Waals surface area contributed by atoms with Gasteiger partial charge in [0.15, 0.2) is 0 Å². The van der Waals surface area contributed by atoms with Gasteiger partial charge >= 0.3 is 0 Å². The molecule has 3 rings (SSSR count). The minimum atomic E-state index is -0.239. The normalized spacial score (nSPS) is 10.6. The summed E-state index contributed by atoms with van der Waals surface area (Å²) in [6.45, 7) is 1.99. The first-order valence-electron chi connectivity index (χ1n) is 7.48. The van der Waals surface area contributed by atoms with E-state index in [2.05, 4.69) is 15.5 Å². The molecule has 0 saturated carbocycles. The molecule has 0 bridgehead atoms. The number of rotatable bonds is 4. The number of benzene rings is 2. The summed E-state index contributed by atoms with van der Waals surface area (Å²) < 4.78 is 0. The van der Waals surface area contributed by atoms with E-state index in [-0.39, 0.29) is 5.91 Å². The molecule has 0 aliphatic rings. The van der Waals surface area contributed by atoms with E-state index in [1.807, 2.05) is 25.1 Å². The third kappa shape index (κ3) is 3.45. The van der Waals surface area contributed by atoms with Gasteiger partial charge in [0.25, 0.3) is 5.91 Å². The molecule has 1 amide bonds. The Labute approximate surface area is 149 Å². The Kier molecular flexibility index (Phi) is 4.88. The molecule has 24 heavy (non-hydrogen) atoms. The molecular formula is C18H15Cl2N3O. The number of nitrogens with zero attached hydrogens (tertiary/aromatic N) is 1. The summed E-state index contributed by atoms with van der Waals surface area (Å²) in [6, 6.07) is 14.2. The average molecular weight is 360 g/mol. The van der Waals surface area contributed by atoms with Crippen LogP contribution in [0.1, 0.15) is 23.0 Å². The van der Waals surface area contributed by atoms with Gasteiger partial charge in [0.05, 0.1) is 11.4 Å². The van der Waals surface area contributed by atoms with Crippen LogP contribution in [-0.4, -0.2) is 16.1 Å². The largest absolute Gasteiger partial charge is 0.319 e. The van der Waals surface area contributed by atoms with Gasteiger partial charge in [0.2, 0.25) is 0 Å². The Bertz CT molecular complexity index is 889. The molecule has 1 heterocycles. The highest BCUT2D eigenvalue weighted by atomic mass is 35.5. The lowest BCUT2D eigenvalue weighted by Crippen LogP contribution is -2.13. The van der Waals surface area contributed by atoms with Gasteiger partial charge in [0.1, 0.15) is 5.69 Å². The van der Waals surface area contributed by atoms with Crippen LogP contribution in [0.2, 0.25) is 10.0 Å². The fourth-order valence-corrected chi connectivity index (χ4v) is 2.81. The van der Waals surface area contributed by atoms with Gasteiger partial charge < -0.3 is 5.32 Å². The number of halogens is 2. The summed E-state index contributed by atoms with van der Waals surface area (Å²) in [5.41, 5.74) is 3.48. The van der Waals surface area contributed by atoms with Gasteiger partial charge in [-0.05, 0) is 36.8 Å². The standard InChI is InChI=1S/C18H15Cl2N3O/c1-2-15-17(21-18(24)12-6-4-8-14(20)10-12)16(23-22-15)11-5-3-7-13(19)9-11/h3-10H,2H2,1H3,(H,21,24)(H,22,23). The maximum absolute atomic E-state index is 12.5. The van der Waals surface area contributed by atoms with Crippen LogP contribution in [0, 0.1) is 0 Å². The number of carbonyl (C=O) groups excluding carboxylic acids is 1. The molecule has 0 unspecified atom stereocenters. The molecular weight excluding hydrogens is 345 g/mol. The van der Waals surface area contributed by atoms with Crippen LogP contribution in [0.4, 0.5) is 5.69 Å². The van der Waals surface area contributed by atoms with Crippen molar-refractivity contribution < 1.29 is 4.79 Å². The summed E-state index contributed by atoms with van der Waals surface area (Å²) in [5, 5.41) is 11.4. The molecule has 3 aromatic rings. The molecule has 2 aromatic carbocycles. The first-order chi connectivity index (χ1) is 11.6. The van der Waals surface area contributed by atoms with E-state index in [1.165, 1.54) is 0 Å². The first-order valence-corrected chi connectivity index (χ1v) is 8.24. The summed E-state index contributed by atoms with van der Waals surface area (Å²) >= 11 is 12.0. The summed E-state index contributed by atoms with van der Waals surface area (Å²) in [7, 11) is 0. The second kappa shape index (κ2) is 7.07. The fourth-order valence-electron chi connectivity index (χ4n) is 2.43. The zero-order valence-corrected chi connectivity index (χ0v) is 14.4. The SMILES string of the molecule is CCc1[nH]nc(-c2cccc(Cl)c2)c1NC(=O)c1cccc(Cl)c1. The molecule has 6 heteroatoms. The van der Waals surface area contributed by atoms with Crippen molar-refractivity contribution in [2.24, 2.45) is 0 Å². The highest BCUT2D eigenvalue weighted by molar-refractivity contribution is 6.31. The van der Waals surface area contributed by atoms with Crippen LogP contribution >= 0.6 is 23.2 Å². The number of nitrogens with one attached hydrogen (secondary N) is 2. The molecule has 2 N–H and O–H groups in total. The van der Waals surface area contributed by atoms with Gasteiger partial charge in [-0.25, -0.2) is 0 Å². The highest BCUT2D eigenvalue weighted by Gasteiger charge is 2.17. The maximum Gasteiger partial charge on any atom is 0.255 e. The quantitative estimate of drug-likeness (QED) is 0.672. The van der Waals surface area contributed by atoms with Crippen LogP contribution in [-0.2, 0) is 6.42 Å². The number of hydrogen-bond acceptors (Lipinski definition) is 2. The summed E-state index contributed by atoms with van der Waals surface area (Å²) in [4.78, 5) is 12.5. The van der Waals surface area contributed by atoms with Gasteiger partial charge in [-0.3, -0.25) is 9.89 Å². The predicted molar refractivity (Wildman–Crippen MR) is 97.8 cm³/mol. The van der Waals surface area contributed by atoms with E-state index in [0.717, 1.165) is 11.3 Å². The van der Waals surface area contributed by atoms with Crippen molar-refractivity contribution in [2.45, 2.75) is 13.3 Å².